The summed E-state index contributed by atoms with van der Waals surface area (Å²) in [5, 5.41) is 0. The first-order valence-corrected chi connectivity index (χ1v) is 12.0. The number of amides is 2. The average molecular weight is 435 g/mol. The monoisotopic (exact) mass is 434 g/mol. The lowest BCUT2D eigenvalue weighted by Gasteiger charge is -2.32. The van der Waals surface area contributed by atoms with Crippen LogP contribution in [0, 0.1) is 5.92 Å². The van der Waals surface area contributed by atoms with Gasteiger partial charge in [-0.3, -0.25) is 9.59 Å². The minimum atomic E-state index is -0.0586. The lowest BCUT2D eigenvalue weighted by Crippen LogP contribution is -2.46. The Morgan fingerprint density at radius 1 is 0.969 bits per heavy atom. The fourth-order valence-electron chi connectivity index (χ4n) is 4.47. The van der Waals surface area contributed by atoms with Gasteiger partial charge < -0.3 is 14.5 Å². The second-order valence-electron chi connectivity index (χ2n) is 8.90. The van der Waals surface area contributed by atoms with E-state index in [0.29, 0.717) is 24.5 Å². The molecule has 1 aliphatic heterocycles. The highest BCUT2D eigenvalue weighted by Crippen LogP contribution is 2.32. The molecule has 0 radical (unpaired) electrons. The van der Waals surface area contributed by atoms with Crippen molar-refractivity contribution in [1.82, 2.24) is 9.80 Å². The Morgan fingerprint density at radius 3 is 2.44 bits per heavy atom. The summed E-state index contributed by atoms with van der Waals surface area (Å²) in [7, 11) is 0. The van der Waals surface area contributed by atoms with Gasteiger partial charge in [0.15, 0.2) is 0 Å². The highest BCUT2D eigenvalue weighted by atomic mass is 16.5. The summed E-state index contributed by atoms with van der Waals surface area (Å²) in [5.41, 5.74) is 1.80. The highest BCUT2D eigenvalue weighted by Gasteiger charge is 2.36. The molecule has 2 aromatic rings. The molecular weight excluding hydrogens is 400 g/mol. The molecule has 0 unspecified atom stereocenters. The number of carbonyl (C=O) groups is 2. The lowest BCUT2D eigenvalue weighted by atomic mass is 10.0. The lowest BCUT2D eigenvalue weighted by molar-refractivity contribution is -0.135. The zero-order valence-electron chi connectivity index (χ0n) is 19.0. The predicted octanol–water partition coefficient (Wildman–Crippen LogP) is 4.56. The fourth-order valence-corrected chi connectivity index (χ4v) is 4.47. The molecule has 1 fully saturated rings. The van der Waals surface area contributed by atoms with Crippen molar-refractivity contribution in [3.63, 3.8) is 0 Å². The molecule has 2 aliphatic rings. The molecule has 1 aliphatic carbocycles. The van der Waals surface area contributed by atoms with Gasteiger partial charge in [0.05, 0.1) is 11.6 Å². The summed E-state index contributed by atoms with van der Waals surface area (Å²) in [6, 6.07) is 17.7. The Bertz CT molecular complexity index is 910. The molecule has 5 nitrogen and oxygen atoms in total. The molecule has 0 N–H and O–H groups in total. The van der Waals surface area contributed by atoms with Gasteiger partial charge in [0, 0.05) is 25.6 Å². The van der Waals surface area contributed by atoms with Gasteiger partial charge in [-0.15, -0.1) is 0 Å². The van der Waals surface area contributed by atoms with Crippen molar-refractivity contribution in [2.45, 2.75) is 51.5 Å². The van der Waals surface area contributed by atoms with Crippen LogP contribution in [-0.2, 0) is 11.2 Å². The first-order chi connectivity index (χ1) is 15.7. The van der Waals surface area contributed by atoms with Crippen molar-refractivity contribution in [1.29, 1.82) is 0 Å². The van der Waals surface area contributed by atoms with E-state index < -0.39 is 0 Å². The molecule has 2 aromatic carbocycles. The molecule has 0 aromatic heterocycles. The van der Waals surface area contributed by atoms with Crippen molar-refractivity contribution < 1.29 is 14.3 Å². The van der Waals surface area contributed by atoms with Crippen LogP contribution in [0.3, 0.4) is 0 Å². The molecule has 32 heavy (non-hydrogen) atoms. The standard InChI is InChI=1S/C27H34N2O3/c1-2-28-17-9-4-10-18-29(26(30)22-15-16-22)23(19-21-11-5-3-6-12-21)20-32-25-14-8-7-13-24(25)27(28)31/h3,5-8,11-14,22-23H,2,4,9-10,15-20H2,1H3/t23-/m0/s1. The van der Waals surface area contributed by atoms with Crippen LogP contribution in [0.2, 0.25) is 0 Å². The predicted molar refractivity (Wildman–Crippen MR) is 126 cm³/mol. The summed E-state index contributed by atoms with van der Waals surface area (Å²) in [6.07, 6.45) is 5.63. The number of benzene rings is 2. The van der Waals surface area contributed by atoms with Crippen molar-refractivity contribution in [3.05, 3.63) is 65.7 Å². The Balaban J connectivity index is 1.63. The van der Waals surface area contributed by atoms with Crippen molar-refractivity contribution in [2.75, 3.05) is 26.2 Å². The Kier molecular flexibility index (Phi) is 7.46. The summed E-state index contributed by atoms with van der Waals surface area (Å²) < 4.78 is 6.29. The van der Waals surface area contributed by atoms with Crippen LogP contribution in [0.5, 0.6) is 5.75 Å². The van der Waals surface area contributed by atoms with E-state index in [9.17, 15) is 9.59 Å². The van der Waals surface area contributed by atoms with E-state index in [1.165, 1.54) is 5.56 Å². The summed E-state index contributed by atoms with van der Waals surface area (Å²) in [6.45, 7) is 4.55. The normalized spacial score (nSPS) is 20.4. The van der Waals surface area contributed by atoms with E-state index >= 15 is 0 Å². The smallest absolute Gasteiger partial charge is 0.257 e. The van der Waals surface area contributed by atoms with E-state index in [1.807, 2.05) is 54.3 Å². The number of ether oxygens (including phenoxy) is 1. The summed E-state index contributed by atoms with van der Waals surface area (Å²) >= 11 is 0. The number of fused-ring (bicyclic) bond motifs is 1. The molecule has 1 saturated carbocycles. The number of hydrogen-bond donors (Lipinski definition) is 0. The molecule has 1 atom stereocenters. The molecule has 5 heteroatoms. The Morgan fingerprint density at radius 2 is 1.69 bits per heavy atom. The number of nitrogens with zero attached hydrogens (tertiary/aromatic N) is 2. The molecule has 1 heterocycles. The molecule has 2 amide bonds. The van der Waals surface area contributed by atoms with E-state index in [-0.39, 0.29) is 23.8 Å². The SMILES string of the molecule is CCN1CCCCCN(C(=O)C2CC2)[C@@H](Cc2ccccc2)COc2ccccc2C1=O. The maximum Gasteiger partial charge on any atom is 0.257 e. The molecule has 0 bridgehead atoms. The number of carbonyl (C=O) groups excluding carboxylic acids is 2. The molecular formula is C27H34N2O3. The third-order valence-corrected chi connectivity index (χ3v) is 6.51. The Labute approximate surface area is 191 Å². The summed E-state index contributed by atoms with van der Waals surface area (Å²) in [5.74, 6) is 1.07. The second-order valence-corrected chi connectivity index (χ2v) is 8.90. The van der Waals surface area contributed by atoms with Gasteiger partial charge in [0.25, 0.3) is 5.91 Å². The quantitative estimate of drug-likeness (QED) is 0.709. The van der Waals surface area contributed by atoms with Gasteiger partial charge in [-0.1, -0.05) is 42.5 Å². The van der Waals surface area contributed by atoms with Gasteiger partial charge >= 0.3 is 0 Å². The zero-order chi connectivity index (χ0) is 22.3. The minimum Gasteiger partial charge on any atom is -0.491 e. The minimum absolute atomic E-state index is 0.0212. The maximum atomic E-state index is 13.2. The average Bonchev–Trinajstić information content (AvgIpc) is 3.67. The third kappa shape index (κ3) is 5.50. The second kappa shape index (κ2) is 10.7. The van der Waals surface area contributed by atoms with Gasteiger partial charge in [0.1, 0.15) is 12.4 Å². The van der Waals surface area contributed by atoms with Crippen LogP contribution in [0.1, 0.15) is 54.9 Å². The molecule has 4 rings (SSSR count). The molecule has 0 spiro atoms. The topological polar surface area (TPSA) is 49.9 Å². The van der Waals surface area contributed by atoms with Crippen LogP contribution in [0.25, 0.3) is 0 Å². The van der Waals surface area contributed by atoms with Crippen LogP contribution >= 0.6 is 0 Å². The first kappa shape index (κ1) is 22.4. The third-order valence-electron chi connectivity index (χ3n) is 6.51. The first-order valence-electron chi connectivity index (χ1n) is 12.0. The van der Waals surface area contributed by atoms with Crippen LogP contribution < -0.4 is 4.74 Å². The number of rotatable bonds is 4. The number of hydrogen-bond acceptors (Lipinski definition) is 3. The largest absolute Gasteiger partial charge is 0.491 e. The van der Waals surface area contributed by atoms with Gasteiger partial charge in [0.2, 0.25) is 5.91 Å². The Hall–Kier alpha value is -2.82. The van der Waals surface area contributed by atoms with Crippen LogP contribution in [0.4, 0.5) is 0 Å². The van der Waals surface area contributed by atoms with Crippen LogP contribution in [-0.4, -0.2) is 53.9 Å². The van der Waals surface area contributed by atoms with E-state index in [1.54, 1.807) is 0 Å². The van der Waals surface area contributed by atoms with Gasteiger partial charge in [-0.25, -0.2) is 0 Å². The van der Waals surface area contributed by atoms with Crippen LogP contribution in [0.15, 0.2) is 54.6 Å². The number of para-hydroxylation sites is 1. The summed E-state index contributed by atoms with van der Waals surface area (Å²) in [4.78, 5) is 30.4. The zero-order valence-corrected chi connectivity index (χ0v) is 19.0. The van der Waals surface area contributed by atoms with E-state index in [2.05, 4.69) is 17.0 Å². The molecule has 170 valence electrons. The van der Waals surface area contributed by atoms with E-state index in [4.69, 9.17) is 4.74 Å². The van der Waals surface area contributed by atoms with Crippen molar-refractivity contribution >= 4 is 11.8 Å². The van der Waals surface area contributed by atoms with Gasteiger partial charge in [-0.05, 0) is 63.1 Å². The highest BCUT2D eigenvalue weighted by molar-refractivity contribution is 5.97. The maximum absolute atomic E-state index is 13.2. The van der Waals surface area contributed by atoms with Gasteiger partial charge in [-0.2, -0.15) is 0 Å². The van der Waals surface area contributed by atoms with Crippen molar-refractivity contribution in [2.24, 2.45) is 5.92 Å². The molecule has 0 saturated heterocycles. The van der Waals surface area contributed by atoms with E-state index in [0.717, 1.165) is 51.6 Å². The fraction of sp³-hybridized carbons (Fsp3) is 0.481. The van der Waals surface area contributed by atoms with Crippen molar-refractivity contribution in [3.8, 4) is 5.75 Å².